The number of nitro benzene ring substituents is 1. The fraction of sp³-hybridized carbons (Fsp3) is 0.200. The predicted molar refractivity (Wildman–Crippen MR) is 60.4 cm³/mol. The van der Waals surface area contributed by atoms with Gasteiger partial charge in [-0.3, -0.25) is 20.2 Å². The van der Waals surface area contributed by atoms with Crippen molar-refractivity contribution in [3.05, 3.63) is 39.9 Å². The van der Waals surface area contributed by atoms with Gasteiger partial charge in [-0.05, 0) is 5.56 Å². The maximum Gasteiger partial charge on any atom is 0.269 e. The summed E-state index contributed by atoms with van der Waals surface area (Å²) in [5.41, 5.74) is 6.18. The number of non-ortho nitro benzene ring substituents is 1. The summed E-state index contributed by atoms with van der Waals surface area (Å²) in [5.74, 6) is -0.136. The van der Waals surface area contributed by atoms with E-state index >= 15 is 0 Å². The maximum atomic E-state index is 11.4. The molecule has 1 heterocycles. The smallest absolute Gasteiger partial charge is 0.269 e. The summed E-state index contributed by atoms with van der Waals surface area (Å²) in [6.07, 6.45) is 0.379. The van der Waals surface area contributed by atoms with E-state index in [4.69, 9.17) is 5.73 Å². The lowest BCUT2D eigenvalue weighted by molar-refractivity contribution is -0.384. The predicted octanol–water partition coefficient (Wildman–Crippen LogP) is -0.0496. The van der Waals surface area contributed by atoms with Crippen LogP contribution in [0.1, 0.15) is 5.56 Å². The van der Waals surface area contributed by atoms with E-state index in [9.17, 15) is 14.9 Å². The first kappa shape index (κ1) is 11.1. The fourth-order valence-corrected chi connectivity index (χ4v) is 1.58. The van der Waals surface area contributed by atoms with Crippen LogP contribution in [-0.2, 0) is 11.2 Å². The van der Waals surface area contributed by atoms with Crippen LogP contribution in [0.25, 0.3) is 0 Å². The number of carbonyl (C=O) groups is 1. The third-order valence-electron chi connectivity index (χ3n) is 2.43. The third-order valence-corrected chi connectivity index (χ3v) is 2.43. The van der Waals surface area contributed by atoms with Crippen LogP contribution in [-0.4, -0.2) is 22.8 Å². The number of benzene rings is 1. The summed E-state index contributed by atoms with van der Waals surface area (Å²) in [7, 11) is 0. The Hall–Kier alpha value is -2.44. The van der Waals surface area contributed by atoms with Crippen molar-refractivity contribution in [2.75, 3.05) is 0 Å². The number of nitrogens with one attached hydrogen (secondary N) is 1. The summed E-state index contributed by atoms with van der Waals surface area (Å²) in [6.45, 7) is 0. The number of nitrogens with two attached hydrogens (primary N) is 1. The first-order valence-electron chi connectivity index (χ1n) is 4.94. The van der Waals surface area contributed by atoms with Crippen LogP contribution < -0.4 is 11.1 Å². The largest absolute Gasteiger partial charge is 0.370 e. The number of nitro groups is 1. The molecule has 0 aliphatic carbocycles. The number of rotatable bonds is 3. The van der Waals surface area contributed by atoms with Crippen molar-refractivity contribution in [3.63, 3.8) is 0 Å². The SMILES string of the molecule is NC1=NC(Cc2ccc([N+](=O)[O-])cc2)C(=O)N1. The minimum absolute atomic E-state index is 0.0210. The number of guanidine groups is 1. The quantitative estimate of drug-likeness (QED) is 0.564. The number of hydrogen-bond donors (Lipinski definition) is 2. The van der Waals surface area contributed by atoms with Gasteiger partial charge in [0.05, 0.1) is 4.92 Å². The summed E-state index contributed by atoms with van der Waals surface area (Å²) >= 11 is 0. The van der Waals surface area contributed by atoms with Crippen molar-refractivity contribution < 1.29 is 9.72 Å². The Labute approximate surface area is 96.5 Å². The van der Waals surface area contributed by atoms with E-state index in [2.05, 4.69) is 10.3 Å². The van der Waals surface area contributed by atoms with Crippen LogP contribution in [0, 0.1) is 10.1 Å². The van der Waals surface area contributed by atoms with Crippen LogP contribution in [0.3, 0.4) is 0 Å². The van der Waals surface area contributed by atoms with Gasteiger partial charge in [-0.2, -0.15) is 0 Å². The monoisotopic (exact) mass is 234 g/mol. The first-order valence-corrected chi connectivity index (χ1v) is 4.94. The molecule has 0 saturated carbocycles. The molecule has 1 amide bonds. The van der Waals surface area contributed by atoms with Crippen LogP contribution >= 0.6 is 0 Å². The van der Waals surface area contributed by atoms with Crippen LogP contribution in [0.4, 0.5) is 5.69 Å². The summed E-state index contributed by atoms with van der Waals surface area (Å²) in [5, 5.41) is 12.9. The van der Waals surface area contributed by atoms with E-state index in [1.54, 1.807) is 12.1 Å². The number of amides is 1. The molecule has 1 unspecified atom stereocenters. The Bertz CT molecular complexity index is 495. The number of carbonyl (C=O) groups excluding carboxylic acids is 1. The topological polar surface area (TPSA) is 111 Å². The Morgan fingerprint density at radius 1 is 1.41 bits per heavy atom. The van der Waals surface area contributed by atoms with E-state index in [1.165, 1.54) is 12.1 Å². The van der Waals surface area contributed by atoms with Crippen molar-refractivity contribution in [1.29, 1.82) is 0 Å². The molecule has 0 aromatic heterocycles. The zero-order chi connectivity index (χ0) is 12.4. The molecule has 88 valence electrons. The zero-order valence-corrected chi connectivity index (χ0v) is 8.79. The average Bonchev–Trinajstić information content (AvgIpc) is 2.58. The van der Waals surface area contributed by atoms with Gasteiger partial charge in [-0.1, -0.05) is 12.1 Å². The highest BCUT2D eigenvalue weighted by molar-refractivity contribution is 6.04. The van der Waals surface area contributed by atoms with Gasteiger partial charge in [-0.15, -0.1) is 0 Å². The number of nitrogens with zero attached hydrogens (tertiary/aromatic N) is 2. The van der Waals surface area contributed by atoms with Crippen LogP contribution in [0.15, 0.2) is 29.3 Å². The molecule has 17 heavy (non-hydrogen) atoms. The Morgan fingerprint density at radius 3 is 2.53 bits per heavy atom. The molecule has 3 N–H and O–H groups in total. The van der Waals surface area contributed by atoms with Crippen molar-refractivity contribution >= 4 is 17.6 Å². The van der Waals surface area contributed by atoms with Gasteiger partial charge in [0.1, 0.15) is 6.04 Å². The molecular formula is C10H10N4O3. The Balaban J connectivity index is 2.09. The zero-order valence-electron chi connectivity index (χ0n) is 8.79. The Morgan fingerprint density at radius 2 is 2.06 bits per heavy atom. The summed E-state index contributed by atoms with van der Waals surface area (Å²) in [4.78, 5) is 25.3. The molecule has 1 aromatic rings. The highest BCUT2D eigenvalue weighted by Crippen LogP contribution is 2.14. The minimum Gasteiger partial charge on any atom is -0.370 e. The van der Waals surface area contributed by atoms with Gasteiger partial charge in [0.2, 0.25) is 0 Å². The van der Waals surface area contributed by atoms with E-state index in [1.807, 2.05) is 0 Å². The lowest BCUT2D eigenvalue weighted by Gasteiger charge is -2.04. The molecule has 2 rings (SSSR count). The molecule has 1 atom stereocenters. The van der Waals surface area contributed by atoms with Crippen molar-refractivity contribution in [1.82, 2.24) is 5.32 Å². The summed E-state index contributed by atoms with van der Waals surface area (Å²) in [6, 6.07) is 5.46. The molecule has 1 aromatic carbocycles. The fourth-order valence-electron chi connectivity index (χ4n) is 1.58. The van der Waals surface area contributed by atoms with Crippen LogP contribution in [0.2, 0.25) is 0 Å². The highest BCUT2D eigenvalue weighted by Gasteiger charge is 2.24. The summed E-state index contributed by atoms with van der Waals surface area (Å²) < 4.78 is 0. The molecule has 0 spiro atoms. The lowest BCUT2D eigenvalue weighted by Crippen LogP contribution is -2.33. The van der Waals surface area contributed by atoms with E-state index < -0.39 is 11.0 Å². The van der Waals surface area contributed by atoms with Crippen molar-refractivity contribution in [3.8, 4) is 0 Å². The third kappa shape index (κ3) is 2.39. The van der Waals surface area contributed by atoms with Gasteiger partial charge < -0.3 is 5.73 Å². The molecule has 0 radical (unpaired) electrons. The van der Waals surface area contributed by atoms with E-state index in [0.717, 1.165) is 5.56 Å². The molecule has 7 nitrogen and oxygen atoms in total. The Kier molecular flexibility index (Phi) is 2.73. The molecule has 0 bridgehead atoms. The maximum absolute atomic E-state index is 11.4. The standard InChI is InChI=1S/C10H10N4O3/c11-10-12-8(9(15)13-10)5-6-1-3-7(4-2-6)14(16)17/h1-4,8H,5H2,(H3,11,12,13,15). The molecule has 0 saturated heterocycles. The molecule has 1 aliphatic heterocycles. The van der Waals surface area contributed by atoms with Crippen molar-refractivity contribution in [2.24, 2.45) is 10.7 Å². The van der Waals surface area contributed by atoms with Crippen LogP contribution in [0.5, 0.6) is 0 Å². The second-order valence-electron chi connectivity index (χ2n) is 3.65. The molecule has 1 aliphatic rings. The second kappa shape index (κ2) is 4.20. The van der Waals surface area contributed by atoms with Gasteiger partial charge in [0.15, 0.2) is 5.96 Å². The first-order chi connectivity index (χ1) is 8.06. The molecular weight excluding hydrogens is 224 g/mol. The molecule has 0 fully saturated rings. The van der Waals surface area contributed by atoms with Gasteiger partial charge in [-0.25, -0.2) is 4.99 Å². The van der Waals surface area contributed by atoms with Gasteiger partial charge in [0.25, 0.3) is 11.6 Å². The highest BCUT2D eigenvalue weighted by atomic mass is 16.6. The van der Waals surface area contributed by atoms with E-state index in [-0.39, 0.29) is 17.6 Å². The van der Waals surface area contributed by atoms with E-state index in [0.29, 0.717) is 6.42 Å². The minimum atomic E-state index is -0.545. The van der Waals surface area contributed by atoms with Gasteiger partial charge >= 0.3 is 0 Å². The van der Waals surface area contributed by atoms with Crippen molar-refractivity contribution in [2.45, 2.75) is 12.5 Å². The lowest BCUT2D eigenvalue weighted by atomic mass is 10.1. The number of hydrogen-bond acceptors (Lipinski definition) is 5. The second-order valence-corrected chi connectivity index (χ2v) is 3.65. The average molecular weight is 234 g/mol. The number of aliphatic imine (C=N–C) groups is 1. The molecule has 7 heteroatoms. The van der Waals surface area contributed by atoms with Gasteiger partial charge in [0, 0.05) is 18.6 Å². The normalized spacial score (nSPS) is 18.7.